The number of nitrogens with zero attached hydrogens (tertiary/aromatic N) is 1. The summed E-state index contributed by atoms with van der Waals surface area (Å²) in [5.41, 5.74) is 2.66. The minimum atomic E-state index is -0.888. The Morgan fingerprint density at radius 1 is 1.15 bits per heavy atom. The molecule has 5 heteroatoms. The lowest BCUT2D eigenvalue weighted by Gasteiger charge is -2.33. The minimum Gasteiger partial charge on any atom is -0.491 e. The highest BCUT2D eigenvalue weighted by molar-refractivity contribution is 5.87. The van der Waals surface area contributed by atoms with E-state index in [4.69, 9.17) is 14.9 Å². The highest BCUT2D eigenvalue weighted by Gasteiger charge is 2.22. The molecule has 0 spiro atoms. The van der Waals surface area contributed by atoms with Gasteiger partial charge in [-0.15, -0.1) is 0 Å². The second-order valence-corrected chi connectivity index (χ2v) is 6.68. The molecule has 0 unspecified atom stereocenters. The number of piperidine rings is 1. The Balaban J connectivity index is 1.66. The van der Waals surface area contributed by atoms with Crippen LogP contribution in [0.15, 0.2) is 48.5 Å². The third kappa shape index (κ3) is 4.62. The predicted octanol–water partition coefficient (Wildman–Crippen LogP) is 3.14. The fraction of sp³-hybridized carbons (Fsp3) is 0.381. The van der Waals surface area contributed by atoms with Crippen molar-refractivity contribution in [1.29, 1.82) is 0 Å². The van der Waals surface area contributed by atoms with E-state index in [9.17, 15) is 4.79 Å². The number of ether oxygens (including phenoxy) is 1. The number of aromatic carboxylic acids is 1. The van der Waals surface area contributed by atoms with E-state index < -0.39 is 5.97 Å². The number of likely N-dealkylation sites (tertiary alicyclic amines) is 1. The molecule has 0 amide bonds. The molecule has 26 heavy (non-hydrogen) atoms. The molecule has 0 aromatic heterocycles. The van der Waals surface area contributed by atoms with Crippen LogP contribution >= 0.6 is 0 Å². The summed E-state index contributed by atoms with van der Waals surface area (Å²) in [5.74, 6) is 0.355. The number of aliphatic hydroxyl groups excluding tert-OH is 1. The van der Waals surface area contributed by atoms with Crippen molar-refractivity contribution >= 4 is 5.97 Å². The number of rotatable bonds is 7. The summed E-state index contributed by atoms with van der Waals surface area (Å²) in [4.78, 5) is 13.4. The quantitative estimate of drug-likeness (QED) is 0.798. The molecule has 1 atom stereocenters. The van der Waals surface area contributed by atoms with E-state index in [1.54, 1.807) is 12.1 Å². The van der Waals surface area contributed by atoms with Gasteiger partial charge in [-0.05, 0) is 49.1 Å². The molecule has 138 valence electrons. The maximum Gasteiger partial charge on any atom is 0.335 e. The molecule has 1 fully saturated rings. The van der Waals surface area contributed by atoms with Gasteiger partial charge in [-0.2, -0.15) is 0 Å². The summed E-state index contributed by atoms with van der Waals surface area (Å²) in [5, 5.41) is 18.0. The normalized spacial score (nSPS) is 17.8. The van der Waals surface area contributed by atoms with Crippen molar-refractivity contribution in [3.63, 3.8) is 0 Å². The van der Waals surface area contributed by atoms with Crippen molar-refractivity contribution in [3.05, 3.63) is 65.2 Å². The predicted molar refractivity (Wildman–Crippen MR) is 99.7 cm³/mol. The third-order valence-electron chi connectivity index (χ3n) is 4.85. The van der Waals surface area contributed by atoms with Crippen LogP contribution in [0.4, 0.5) is 0 Å². The van der Waals surface area contributed by atoms with E-state index in [0.717, 1.165) is 43.8 Å². The first-order chi connectivity index (χ1) is 12.7. The molecular formula is C21H25NO4. The highest BCUT2D eigenvalue weighted by atomic mass is 16.5. The Morgan fingerprint density at radius 2 is 1.92 bits per heavy atom. The summed E-state index contributed by atoms with van der Waals surface area (Å²) in [6.07, 6.45) is 2.23. The highest BCUT2D eigenvalue weighted by Crippen LogP contribution is 2.29. The minimum absolute atomic E-state index is 0.00641. The van der Waals surface area contributed by atoms with Crippen molar-refractivity contribution in [2.24, 2.45) is 0 Å². The van der Waals surface area contributed by atoms with Gasteiger partial charge in [-0.25, -0.2) is 4.79 Å². The first kappa shape index (κ1) is 18.4. The van der Waals surface area contributed by atoms with Gasteiger partial charge in [-0.1, -0.05) is 30.3 Å². The Labute approximate surface area is 153 Å². The van der Waals surface area contributed by atoms with Gasteiger partial charge in [0.05, 0.1) is 12.2 Å². The topological polar surface area (TPSA) is 70.0 Å². The smallest absolute Gasteiger partial charge is 0.335 e. The lowest BCUT2D eigenvalue weighted by atomic mass is 9.90. The molecule has 3 rings (SSSR count). The van der Waals surface area contributed by atoms with Crippen LogP contribution in [0, 0.1) is 0 Å². The zero-order valence-electron chi connectivity index (χ0n) is 14.8. The van der Waals surface area contributed by atoms with Crippen LogP contribution in [0.1, 0.15) is 40.2 Å². The number of benzene rings is 2. The summed E-state index contributed by atoms with van der Waals surface area (Å²) >= 11 is 0. The van der Waals surface area contributed by atoms with Crippen LogP contribution in [0.3, 0.4) is 0 Å². The van der Waals surface area contributed by atoms with Gasteiger partial charge in [0.1, 0.15) is 12.4 Å². The van der Waals surface area contributed by atoms with Crippen LogP contribution in [-0.4, -0.2) is 47.4 Å². The van der Waals surface area contributed by atoms with E-state index in [1.165, 1.54) is 5.56 Å². The Kier molecular flexibility index (Phi) is 6.26. The fourth-order valence-electron chi connectivity index (χ4n) is 3.54. The molecule has 2 aromatic rings. The molecule has 5 nitrogen and oxygen atoms in total. The van der Waals surface area contributed by atoms with Gasteiger partial charge in [0.2, 0.25) is 0 Å². The molecule has 0 bridgehead atoms. The maximum absolute atomic E-state index is 11.0. The van der Waals surface area contributed by atoms with Crippen molar-refractivity contribution in [3.8, 4) is 5.75 Å². The molecule has 2 aromatic carbocycles. The van der Waals surface area contributed by atoms with Crippen LogP contribution in [0.2, 0.25) is 0 Å². The molecule has 1 heterocycles. The van der Waals surface area contributed by atoms with Gasteiger partial charge in [0.25, 0.3) is 0 Å². The molecule has 0 radical (unpaired) electrons. The molecule has 0 aliphatic carbocycles. The first-order valence-electron chi connectivity index (χ1n) is 9.04. The Bertz CT molecular complexity index is 729. The van der Waals surface area contributed by atoms with E-state index in [-0.39, 0.29) is 6.61 Å². The first-order valence-corrected chi connectivity index (χ1v) is 9.04. The van der Waals surface area contributed by atoms with E-state index in [1.807, 2.05) is 30.3 Å². The monoisotopic (exact) mass is 355 g/mol. The van der Waals surface area contributed by atoms with Crippen LogP contribution in [-0.2, 0) is 6.54 Å². The number of hydrogen-bond donors (Lipinski definition) is 2. The van der Waals surface area contributed by atoms with Gasteiger partial charge in [0.15, 0.2) is 0 Å². The second-order valence-electron chi connectivity index (χ2n) is 6.68. The number of carbonyl (C=O) groups is 1. The zero-order valence-corrected chi connectivity index (χ0v) is 14.8. The lowest BCUT2D eigenvalue weighted by molar-refractivity contribution is 0.0697. The fourth-order valence-corrected chi connectivity index (χ4v) is 3.54. The lowest BCUT2D eigenvalue weighted by Crippen LogP contribution is -2.34. The summed E-state index contributed by atoms with van der Waals surface area (Å²) in [7, 11) is 0. The molecule has 2 N–H and O–H groups in total. The maximum atomic E-state index is 11.0. The molecular weight excluding hydrogens is 330 g/mol. The van der Waals surface area contributed by atoms with E-state index >= 15 is 0 Å². The average molecular weight is 355 g/mol. The summed E-state index contributed by atoms with van der Waals surface area (Å²) in [6.45, 7) is 3.10. The Morgan fingerprint density at radius 3 is 2.65 bits per heavy atom. The van der Waals surface area contributed by atoms with Crippen LogP contribution in [0.25, 0.3) is 0 Å². The van der Waals surface area contributed by atoms with E-state index in [0.29, 0.717) is 18.1 Å². The van der Waals surface area contributed by atoms with Crippen LogP contribution < -0.4 is 4.74 Å². The van der Waals surface area contributed by atoms with Gasteiger partial charge in [-0.3, -0.25) is 4.90 Å². The SMILES string of the molecule is O=C(O)c1ccc([C@H]2CCCN(Cc3ccccc3OCCO)C2)cc1. The number of hydrogen-bond acceptors (Lipinski definition) is 4. The second kappa shape index (κ2) is 8.83. The third-order valence-corrected chi connectivity index (χ3v) is 4.85. The number of para-hydroxylation sites is 1. The molecule has 0 saturated carbocycles. The van der Waals surface area contributed by atoms with Crippen molar-refractivity contribution in [1.82, 2.24) is 4.90 Å². The summed E-state index contributed by atoms with van der Waals surface area (Å²) in [6, 6.07) is 15.2. The van der Waals surface area contributed by atoms with Crippen LogP contribution in [0.5, 0.6) is 5.75 Å². The number of carboxylic acid groups (broad SMARTS) is 1. The molecule has 1 aliphatic rings. The summed E-state index contributed by atoms with van der Waals surface area (Å²) < 4.78 is 5.64. The standard InChI is InChI=1S/C21H25NO4/c23-12-13-26-20-6-2-1-4-19(20)15-22-11-3-5-18(14-22)16-7-9-17(10-8-16)21(24)25/h1-2,4,6-10,18,23H,3,5,11-15H2,(H,24,25)/t18-/m0/s1. The number of carboxylic acids is 1. The van der Waals surface area contributed by atoms with Crippen molar-refractivity contribution < 1.29 is 19.7 Å². The zero-order chi connectivity index (χ0) is 18.4. The van der Waals surface area contributed by atoms with Crippen molar-refractivity contribution in [2.45, 2.75) is 25.3 Å². The molecule has 1 aliphatic heterocycles. The van der Waals surface area contributed by atoms with Gasteiger partial charge < -0.3 is 14.9 Å². The van der Waals surface area contributed by atoms with Crippen molar-refractivity contribution in [2.75, 3.05) is 26.3 Å². The van der Waals surface area contributed by atoms with Gasteiger partial charge >= 0.3 is 5.97 Å². The molecule has 1 saturated heterocycles. The van der Waals surface area contributed by atoms with Gasteiger partial charge in [0, 0.05) is 18.7 Å². The van der Waals surface area contributed by atoms with E-state index in [2.05, 4.69) is 11.0 Å². The average Bonchev–Trinajstić information content (AvgIpc) is 2.67. The largest absolute Gasteiger partial charge is 0.491 e. The Hall–Kier alpha value is -2.37. The number of aliphatic hydroxyl groups is 1.